The van der Waals surface area contributed by atoms with Crippen molar-refractivity contribution >= 4 is 10.8 Å². The van der Waals surface area contributed by atoms with Crippen molar-refractivity contribution in [3.63, 3.8) is 0 Å². The summed E-state index contributed by atoms with van der Waals surface area (Å²) in [5.74, 6) is 2.39. The second kappa shape index (κ2) is 8.81. The lowest BCUT2D eigenvalue weighted by Gasteiger charge is -2.33. The molecule has 1 unspecified atom stereocenters. The fourth-order valence-corrected chi connectivity index (χ4v) is 4.14. The molecular formula is C27H26O5. The van der Waals surface area contributed by atoms with Gasteiger partial charge in [-0.2, -0.15) is 0 Å². The van der Waals surface area contributed by atoms with Crippen LogP contribution < -0.4 is 18.9 Å². The van der Waals surface area contributed by atoms with E-state index in [9.17, 15) is 5.11 Å². The van der Waals surface area contributed by atoms with E-state index in [0.717, 1.165) is 10.8 Å². The number of methoxy groups -OCH3 is 4. The topological polar surface area (TPSA) is 57.2 Å². The first-order valence-electron chi connectivity index (χ1n) is 10.2. The predicted molar refractivity (Wildman–Crippen MR) is 125 cm³/mol. The van der Waals surface area contributed by atoms with Crippen molar-refractivity contribution < 1.29 is 24.1 Å². The van der Waals surface area contributed by atoms with Gasteiger partial charge < -0.3 is 24.1 Å². The zero-order valence-corrected chi connectivity index (χ0v) is 18.6. The van der Waals surface area contributed by atoms with Gasteiger partial charge in [0.1, 0.15) is 28.6 Å². The number of ether oxygens (including phenoxy) is 4. The highest BCUT2D eigenvalue weighted by Gasteiger charge is 2.39. The normalized spacial score (nSPS) is 12.8. The number of rotatable bonds is 7. The van der Waals surface area contributed by atoms with E-state index in [0.29, 0.717) is 39.7 Å². The largest absolute Gasteiger partial charge is 0.497 e. The van der Waals surface area contributed by atoms with Gasteiger partial charge >= 0.3 is 0 Å². The smallest absolute Gasteiger partial charge is 0.147 e. The van der Waals surface area contributed by atoms with Crippen molar-refractivity contribution in [2.24, 2.45) is 0 Å². The van der Waals surface area contributed by atoms with E-state index in [-0.39, 0.29) is 0 Å². The van der Waals surface area contributed by atoms with Crippen LogP contribution in [-0.2, 0) is 5.60 Å². The average Bonchev–Trinajstić information content (AvgIpc) is 2.87. The van der Waals surface area contributed by atoms with Crippen molar-refractivity contribution in [2.75, 3.05) is 28.4 Å². The molecule has 4 rings (SSSR count). The van der Waals surface area contributed by atoms with Gasteiger partial charge in [-0.1, -0.05) is 42.5 Å². The summed E-state index contributed by atoms with van der Waals surface area (Å²) < 4.78 is 22.4. The summed E-state index contributed by atoms with van der Waals surface area (Å²) in [7, 11) is 6.40. The maximum atomic E-state index is 12.5. The van der Waals surface area contributed by atoms with Crippen LogP contribution in [0.2, 0.25) is 0 Å². The molecule has 164 valence electrons. The first-order valence-corrected chi connectivity index (χ1v) is 10.2. The summed E-state index contributed by atoms with van der Waals surface area (Å²) in [5.41, 5.74) is 0.251. The Morgan fingerprint density at radius 2 is 1.28 bits per heavy atom. The van der Waals surface area contributed by atoms with Gasteiger partial charge in [0.05, 0.1) is 28.4 Å². The number of fused-ring (bicyclic) bond motifs is 1. The third-order valence-electron chi connectivity index (χ3n) is 5.76. The van der Waals surface area contributed by atoms with E-state index in [1.165, 1.54) is 0 Å². The highest BCUT2D eigenvalue weighted by atomic mass is 16.5. The van der Waals surface area contributed by atoms with Crippen LogP contribution in [0.25, 0.3) is 10.8 Å². The van der Waals surface area contributed by atoms with Crippen LogP contribution in [0.5, 0.6) is 23.0 Å². The zero-order chi connectivity index (χ0) is 22.7. The van der Waals surface area contributed by atoms with E-state index < -0.39 is 5.60 Å². The molecule has 0 aromatic heterocycles. The van der Waals surface area contributed by atoms with Gasteiger partial charge in [-0.05, 0) is 41.3 Å². The fourth-order valence-electron chi connectivity index (χ4n) is 4.14. The molecule has 32 heavy (non-hydrogen) atoms. The standard InChI is InChI=1S/C27H26O5/c1-29-20-13-14-22(26(16-20)32-4)27(28,19-10-6-5-7-11-19)23-17-21-18(15-25(23)31-3)9-8-12-24(21)30-2/h5-17,28H,1-4H3. The summed E-state index contributed by atoms with van der Waals surface area (Å²) in [6.07, 6.45) is 0. The highest BCUT2D eigenvalue weighted by Crippen LogP contribution is 2.47. The molecule has 0 heterocycles. The van der Waals surface area contributed by atoms with Crippen LogP contribution in [0.4, 0.5) is 0 Å². The van der Waals surface area contributed by atoms with Crippen LogP contribution in [0.3, 0.4) is 0 Å². The van der Waals surface area contributed by atoms with E-state index in [1.54, 1.807) is 40.6 Å². The Bertz CT molecular complexity index is 1240. The minimum atomic E-state index is -1.57. The molecule has 0 saturated heterocycles. The van der Waals surface area contributed by atoms with E-state index in [4.69, 9.17) is 18.9 Å². The van der Waals surface area contributed by atoms with Gasteiger partial charge in [-0.15, -0.1) is 0 Å². The first-order chi connectivity index (χ1) is 15.6. The molecule has 0 bridgehead atoms. The Balaban J connectivity index is 2.10. The lowest BCUT2D eigenvalue weighted by molar-refractivity contribution is 0.118. The van der Waals surface area contributed by atoms with E-state index in [2.05, 4.69) is 0 Å². The Morgan fingerprint density at radius 1 is 0.594 bits per heavy atom. The minimum Gasteiger partial charge on any atom is -0.497 e. The molecule has 1 N–H and O–H groups in total. The van der Waals surface area contributed by atoms with Gasteiger partial charge in [-0.3, -0.25) is 0 Å². The maximum Gasteiger partial charge on any atom is 0.147 e. The Morgan fingerprint density at radius 3 is 1.94 bits per heavy atom. The first kappa shape index (κ1) is 21.5. The molecular weight excluding hydrogens is 404 g/mol. The molecule has 5 heteroatoms. The van der Waals surface area contributed by atoms with E-state index in [1.807, 2.05) is 66.7 Å². The van der Waals surface area contributed by atoms with Crippen molar-refractivity contribution in [3.8, 4) is 23.0 Å². The molecule has 4 aromatic rings. The monoisotopic (exact) mass is 430 g/mol. The van der Waals surface area contributed by atoms with Crippen molar-refractivity contribution in [1.82, 2.24) is 0 Å². The van der Waals surface area contributed by atoms with Gasteiger partial charge in [0.2, 0.25) is 0 Å². The minimum absolute atomic E-state index is 0.498. The molecule has 0 amide bonds. The number of aliphatic hydroxyl groups is 1. The molecule has 1 atom stereocenters. The molecule has 0 spiro atoms. The molecule has 0 radical (unpaired) electrons. The molecule has 0 aliphatic rings. The number of benzene rings is 4. The maximum absolute atomic E-state index is 12.5. The van der Waals surface area contributed by atoms with Crippen LogP contribution in [-0.4, -0.2) is 33.5 Å². The molecule has 0 aliphatic heterocycles. The molecule has 0 saturated carbocycles. The SMILES string of the molecule is COc1ccc(C(O)(c2ccccc2)c2cc3c(OC)cccc3cc2OC)c(OC)c1. The Hall–Kier alpha value is -3.70. The second-order valence-corrected chi connectivity index (χ2v) is 7.38. The lowest BCUT2D eigenvalue weighted by Crippen LogP contribution is -2.30. The zero-order valence-electron chi connectivity index (χ0n) is 18.6. The molecule has 5 nitrogen and oxygen atoms in total. The van der Waals surface area contributed by atoms with Gasteiger partial charge in [-0.25, -0.2) is 0 Å². The lowest BCUT2D eigenvalue weighted by atomic mass is 9.78. The van der Waals surface area contributed by atoms with Crippen LogP contribution >= 0.6 is 0 Å². The van der Waals surface area contributed by atoms with Gasteiger partial charge in [0.15, 0.2) is 0 Å². The van der Waals surface area contributed by atoms with Crippen molar-refractivity contribution in [2.45, 2.75) is 5.60 Å². The summed E-state index contributed by atoms with van der Waals surface area (Å²) >= 11 is 0. The van der Waals surface area contributed by atoms with Crippen LogP contribution in [0, 0.1) is 0 Å². The average molecular weight is 431 g/mol. The van der Waals surface area contributed by atoms with Gasteiger partial charge in [0.25, 0.3) is 0 Å². The van der Waals surface area contributed by atoms with Gasteiger partial charge in [0, 0.05) is 22.6 Å². The van der Waals surface area contributed by atoms with Crippen LogP contribution in [0.15, 0.2) is 78.9 Å². The third kappa shape index (κ3) is 3.51. The molecule has 0 aliphatic carbocycles. The van der Waals surface area contributed by atoms with Crippen molar-refractivity contribution in [3.05, 3.63) is 95.6 Å². The molecule has 4 aromatic carbocycles. The van der Waals surface area contributed by atoms with Crippen LogP contribution in [0.1, 0.15) is 16.7 Å². The summed E-state index contributed by atoms with van der Waals surface area (Å²) in [6.45, 7) is 0. The summed E-state index contributed by atoms with van der Waals surface area (Å²) in [5, 5.41) is 14.3. The number of hydrogen-bond acceptors (Lipinski definition) is 5. The van der Waals surface area contributed by atoms with Crippen molar-refractivity contribution in [1.29, 1.82) is 0 Å². The molecule has 0 fully saturated rings. The second-order valence-electron chi connectivity index (χ2n) is 7.38. The van der Waals surface area contributed by atoms with E-state index >= 15 is 0 Å². The number of hydrogen-bond donors (Lipinski definition) is 1. The third-order valence-corrected chi connectivity index (χ3v) is 5.76. The fraction of sp³-hybridized carbons (Fsp3) is 0.185. The summed E-state index contributed by atoms with van der Waals surface area (Å²) in [6, 6.07) is 24.5. The predicted octanol–water partition coefficient (Wildman–Crippen LogP) is 5.16. The Labute approximate surface area is 187 Å². The quantitative estimate of drug-likeness (QED) is 0.411. The highest BCUT2D eigenvalue weighted by molar-refractivity contribution is 5.91. The summed E-state index contributed by atoms with van der Waals surface area (Å²) in [4.78, 5) is 0. The Kier molecular flexibility index (Phi) is 5.93.